The van der Waals surface area contributed by atoms with E-state index in [0.717, 1.165) is 29.9 Å². The van der Waals surface area contributed by atoms with Crippen LogP contribution in [0.1, 0.15) is 5.56 Å². The second-order valence-corrected chi connectivity index (χ2v) is 7.70. The number of amides is 2. The molecule has 0 saturated carbocycles. The zero-order valence-corrected chi connectivity index (χ0v) is 19.4. The van der Waals surface area contributed by atoms with Gasteiger partial charge in [-0.05, 0) is 31.3 Å². The number of methoxy groups -OCH3 is 1. The van der Waals surface area contributed by atoms with Crippen LogP contribution in [0, 0.1) is 0 Å². The van der Waals surface area contributed by atoms with Gasteiger partial charge in [-0.3, -0.25) is 4.40 Å². The van der Waals surface area contributed by atoms with Crippen molar-refractivity contribution in [1.29, 1.82) is 0 Å². The van der Waals surface area contributed by atoms with Crippen LogP contribution in [-0.2, 0) is 9.57 Å². The first-order valence-electron chi connectivity index (χ1n) is 10.8. The molecule has 2 amide bonds. The van der Waals surface area contributed by atoms with Crippen molar-refractivity contribution >= 4 is 23.6 Å². The molecule has 2 heterocycles. The van der Waals surface area contributed by atoms with Crippen LogP contribution in [0.2, 0.25) is 0 Å². The smallest absolute Gasteiger partial charge is 0.394 e. The van der Waals surface area contributed by atoms with Gasteiger partial charge in [-0.1, -0.05) is 17.3 Å². The lowest BCUT2D eigenvalue weighted by Gasteiger charge is -2.14. The molecule has 0 fully saturated rings. The van der Waals surface area contributed by atoms with Crippen LogP contribution in [0.3, 0.4) is 0 Å². The SMILES string of the molecule is COCCN(C)CCON=Cc1ccn2c(-c3cccc(NC(=O)NCC(F)(F)F)c3)cnc2c1. The van der Waals surface area contributed by atoms with Gasteiger partial charge in [-0.15, -0.1) is 0 Å². The molecule has 9 nitrogen and oxygen atoms in total. The second-order valence-electron chi connectivity index (χ2n) is 7.70. The van der Waals surface area contributed by atoms with E-state index in [9.17, 15) is 18.0 Å². The van der Waals surface area contributed by atoms with Crippen molar-refractivity contribution in [3.05, 3.63) is 54.4 Å². The van der Waals surface area contributed by atoms with Gasteiger partial charge in [-0.2, -0.15) is 13.2 Å². The first-order chi connectivity index (χ1) is 16.7. The van der Waals surface area contributed by atoms with E-state index in [1.165, 1.54) is 0 Å². The van der Waals surface area contributed by atoms with E-state index in [4.69, 9.17) is 9.57 Å². The maximum absolute atomic E-state index is 12.3. The molecule has 0 bridgehead atoms. The molecule has 3 rings (SSSR count). The molecule has 0 saturated heterocycles. The average molecular weight is 493 g/mol. The number of hydrogen-bond acceptors (Lipinski definition) is 6. The maximum Gasteiger partial charge on any atom is 0.405 e. The summed E-state index contributed by atoms with van der Waals surface area (Å²) in [5, 5.41) is 8.18. The Labute approximate surface area is 200 Å². The number of likely N-dealkylation sites (N-methyl/N-ethyl adjacent to an activating group) is 1. The summed E-state index contributed by atoms with van der Waals surface area (Å²) >= 11 is 0. The number of ether oxygens (including phenoxy) is 1. The van der Waals surface area contributed by atoms with Crippen molar-refractivity contribution in [3.8, 4) is 11.3 Å². The Morgan fingerprint density at radius 1 is 1.23 bits per heavy atom. The summed E-state index contributed by atoms with van der Waals surface area (Å²) in [6.45, 7) is 1.23. The van der Waals surface area contributed by atoms with Crippen LogP contribution >= 0.6 is 0 Å². The number of benzene rings is 1. The third-order valence-electron chi connectivity index (χ3n) is 4.92. The van der Waals surface area contributed by atoms with Crippen molar-refractivity contribution in [3.63, 3.8) is 0 Å². The van der Waals surface area contributed by atoms with Gasteiger partial charge in [0.2, 0.25) is 0 Å². The Hall–Kier alpha value is -3.64. The highest BCUT2D eigenvalue weighted by molar-refractivity contribution is 5.90. The van der Waals surface area contributed by atoms with E-state index >= 15 is 0 Å². The van der Waals surface area contributed by atoms with Crippen molar-refractivity contribution in [2.24, 2.45) is 5.16 Å². The van der Waals surface area contributed by atoms with Gasteiger partial charge in [0, 0.05) is 43.2 Å². The van der Waals surface area contributed by atoms with Gasteiger partial charge >= 0.3 is 12.2 Å². The highest BCUT2D eigenvalue weighted by atomic mass is 19.4. The summed E-state index contributed by atoms with van der Waals surface area (Å²) in [6, 6.07) is 9.50. The average Bonchev–Trinajstić information content (AvgIpc) is 3.24. The fourth-order valence-electron chi connectivity index (χ4n) is 3.11. The minimum atomic E-state index is -4.48. The number of carbonyl (C=O) groups excluding carboxylic acids is 1. The topological polar surface area (TPSA) is 92.5 Å². The molecule has 0 aliphatic heterocycles. The number of oxime groups is 1. The summed E-state index contributed by atoms with van der Waals surface area (Å²) in [5.41, 5.74) is 3.31. The minimum Gasteiger partial charge on any atom is -0.394 e. The summed E-state index contributed by atoms with van der Waals surface area (Å²) in [5.74, 6) is 0. The van der Waals surface area contributed by atoms with Gasteiger partial charge in [-0.25, -0.2) is 9.78 Å². The lowest BCUT2D eigenvalue weighted by molar-refractivity contribution is -0.122. The number of nitrogens with zero attached hydrogens (tertiary/aromatic N) is 4. The van der Waals surface area contributed by atoms with Gasteiger partial charge in [0.05, 0.1) is 24.7 Å². The Kier molecular flexibility index (Phi) is 9.04. The molecule has 0 radical (unpaired) electrons. The van der Waals surface area contributed by atoms with E-state index in [1.807, 2.05) is 35.8 Å². The van der Waals surface area contributed by atoms with Crippen LogP contribution in [-0.4, -0.2) is 79.7 Å². The molecule has 2 N–H and O–H groups in total. The molecule has 0 spiro atoms. The van der Waals surface area contributed by atoms with E-state index in [2.05, 4.69) is 20.4 Å². The standard InChI is InChI=1S/C23H27F3N6O3/c1-31(8-10-34-2)9-11-35-29-14-17-6-7-32-20(15-27-21(32)12-17)18-4-3-5-19(13-18)30-22(33)28-16-23(24,25)26/h3-7,12-15H,8-11,16H2,1-2H3,(H2,28,30,33). The lowest BCUT2D eigenvalue weighted by Crippen LogP contribution is -2.36. The Morgan fingerprint density at radius 2 is 2.03 bits per heavy atom. The number of anilines is 1. The molecule has 0 unspecified atom stereocenters. The molecule has 1 aromatic carbocycles. The monoisotopic (exact) mass is 492 g/mol. The third kappa shape index (κ3) is 8.26. The molecule has 2 aromatic heterocycles. The number of urea groups is 1. The van der Waals surface area contributed by atoms with Crippen molar-refractivity contribution in [2.45, 2.75) is 6.18 Å². The zero-order chi connectivity index (χ0) is 25.3. The number of aromatic nitrogens is 2. The summed E-state index contributed by atoms with van der Waals surface area (Å²) in [4.78, 5) is 23.5. The van der Waals surface area contributed by atoms with Crippen LogP contribution in [0.5, 0.6) is 0 Å². The lowest BCUT2D eigenvalue weighted by atomic mass is 10.1. The summed E-state index contributed by atoms with van der Waals surface area (Å²) in [6.07, 6.45) is 0.624. The Balaban J connectivity index is 1.61. The fourth-order valence-corrected chi connectivity index (χ4v) is 3.11. The predicted molar refractivity (Wildman–Crippen MR) is 127 cm³/mol. The molecular formula is C23H27F3N6O3. The third-order valence-corrected chi connectivity index (χ3v) is 4.92. The number of alkyl halides is 3. The first-order valence-corrected chi connectivity index (χ1v) is 10.8. The quantitative estimate of drug-likeness (QED) is 0.242. The number of hydrogen-bond donors (Lipinski definition) is 2. The molecular weight excluding hydrogens is 465 g/mol. The number of pyridine rings is 1. The first kappa shape index (κ1) is 26.0. The molecule has 12 heteroatoms. The molecule has 0 aliphatic carbocycles. The van der Waals surface area contributed by atoms with E-state index in [-0.39, 0.29) is 0 Å². The normalized spacial score (nSPS) is 11.9. The molecule has 0 atom stereocenters. The van der Waals surface area contributed by atoms with E-state index in [0.29, 0.717) is 24.5 Å². The van der Waals surface area contributed by atoms with Gasteiger partial charge < -0.3 is 25.1 Å². The zero-order valence-electron chi connectivity index (χ0n) is 19.4. The Morgan fingerprint density at radius 3 is 2.80 bits per heavy atom. The molecule has 35 heavy (non-hydrogen) atoms. The van der Waals surface area contributed by atoms with Crippen LogP contribution in [0.4, 0.5) is 23.7 Å². The molecule has 3 aromatic rings. The molecule has 0 aliphatic rings. The van der Waals surface area contributed by atoms with Crippen molar-refractivity contribution < 1.29 is 27.5 Å². The highest BCUT2D eigenvalue weighted by Crippen LogP contribution is 2.24. The highest BCUT2D eigenvalue weighted by Gasteiger charge is 2.27. The number of imidazole rings is 1. The number of rotatable bonds is 11. The van der Waals surface area contributed by atoms with Crippen LogP contribution < -0.4 is 10.6 Å². The fraction of sp³-hybridized carbons (Fsp3) is 0.348. The number of nitrogens with one attached hydrogen (secondary N) is 2. The van der Waals surface area contributed by atoms with Crippen molar-refractivity contribution in [1.82, 2.24) is 19.6 Å². The van der Waals surface area contributed by atoms with Gasteiger partial charge in [0.15, 0.2) is 0 Å². The molecule has 188 valence electrons. The summed E-state index contributed by atoms with van der Waals surface area (Å²) < 4.78 is 43.7. The minimum absolute atomic E-state index is 0.353. The maximum atomic E-state index is 12.3. The van der Waals surface area contributed by atoms with Gasteiger partial charge in [0.25, 0.3) is 0 Å². The van der Waals surface area contributed by atoms with E-state index in [1.54, 1.807) is 43.0 Å². The number of fused-ring (bicyclic) bond motifs is 1. The number of carbonyl (C=O) groups is 1. The largest absolute Gasteiger partial charge is 0.405 e. The summed E-state index contributed by atoms with van der Waals surface area (Å²) in [7, 11) is 3.64. The van der Waals surface area contributed by atoms with Crippen LogP contribution in [0.15, 0.2) is 53.9 Å². The van der Waals surface area contributed by atoms with Crippen LogP contribution in [0.25, 0.3) is 16.9 Å². The Bertz CT molecular complexity index is 1150. The number of halogens is 3. The predicted octanol–water partition coefficient (Wildman–Crippen LogP) is 3.61. The van der Waals surface area contributed by atoms with E-state index < -0.39 is 18.8 Å². The second kappa shape index (κ2) is 12.2. The van der Waals surface area contributed by atoms with Gasteiger partial charge in [0.1, 0.15) is 18.8 Å². The van der Waals surface area contributed by atoms with Crippen molar-refractivity contribution in [2.75, 3.05) is 52.3 Å².